The van der Waals surface area contributed by atoms with Crippen LogP contribution in [0, 0.1) is 0 Å². The molecule has 1 aromatic rings. The van der Waals surface area contributed by atoms with Crippen LogP contribution in [0.5, 0.6) is 0 Å². The maximum absolute atomic E-state index is 11.2. The van der Waals surface area contributed by atoms with Crippen molar-refractivity contribution in [3.05, 3.63) is 29.8 Å². The quantitative estimate of drug-likeness (QED) is 0.369. The Morgan fingerprint density at radius 3 is 2.50 bits per heavy atom. The minimum atomic E-state index is -0.770. The topological polar surface area (TPSA) is 70.6 Å². The number of carbonyl (C=O) groups is 2. The van der Waals surface area contributed by atoms with Crippen LogP contribution in [-0.2, 0) is 9.59 Å². The molecule has 18 heavy (non-hydrogen) atoms. The number of hydrazone groups is 1. The molecule has 2 N–H and O–H groups in total. The van der Waals surface area contributed by atoms with Crippen LogP contribution < -0.4 is 10.7 Å². The number of likely N-dealkylation sites (N-methyl/N-ethyl adjacent to an activating group) is 1. The summed E-state index contributed by atoms with van der Waals surface area (Å²) in [4.78, 5) is 23.4. The highest BCUT2D eigenvalue weighted by atomic mass is 32.2. The highest BCUT2D eigenvalue weighted by Gasteiger charge is 2.09. The molecule has 0 heterocycles. The maximum atomic E-state index is 11.2. The van der Waals surface area contributed by atoms with Crippen LogP contribution in [-0.4, -0.2) is 30.8 Å². The van der Waals surface area contributed by atoms with Crippen LogP contribution in [0.2, 0.25) is 0 Å². The lowest BCUT2D eigenvalue weighted by Gasteiger charge is -1.99. The van der Waals surface area contributed by atoms with Crippen molar-refractivity contribution >= 4 is 29.8 Å². The van der Waals surface area contributed by atoms with Gasteiger partial charge in [-0.05, 0) is 30.9 Å². The van der Waals surface area contributed by atoms with Gasteiger partial charge in [-0.25, -0.2) is 5.43 Å². The van der Waals surface area contributed by atoms with Gasteiger partial charge in [-0.2, -0.15) is 5.10 Å². The molecule has 96 valence electrons. The first-order valence-electron chi connectivity index (χ1n) is 5.42. The molecule has 0 radical (unpaired) electrons. The van der Waals surface area contributed by atoms with Crippen molar-refractivity contribution in [1.29, 1.82) is 0 Å². The minimum absolute atomic E-state index is 0.409. The van der Waals surface area contributed by atoms with Gasteiger partial charge in [0.2, 0.25) is 0 Å². The molecule has 1 aromatic carbocycles. The lowest BCUT2D eigenvalue weighted by Crippen LogP contribution is -2.37. The van der Waals surface area contributed by atoms with Crippen molar-refractivity contribution in [2.45, 2.75) is 11.8 Å². The van der Waals surface area contributed by atoms with Crippen molar-refractivity contribution in [3.63, 3.8) is 0 Å². The Morgan fingerprint density at radius 1 is 1.28 bits per heavy atom. The number of carbonyl (C=O) groups excluding carboxylic acids is 2. The summed E-state index contributed by atoms with van der Waals surface area (Å²) >= 11 is 1.65. The lowest BCUT2D eigenvalue weighted by atomic mass is 10.2. The van der Waals surface area contributed by atoms with Gasteiger partial charge in [0.05, 0.1) is 6.21 Å². The van der Waals surface area contributed by atoms with Crippen molar-refractivity contribution in [3.8, 4) is 0 Å². The van der Waals surface area contributed by atoms with E-state index in [1.165, 1.54) is 6.21 Å². The summed E-state index contributed by atoms with van der Waals surface area (Å²) in [5.74, 6) is -1.46. The van der Waals surface area contributed by atoms with E-state index in [1.807, 2.05) is 30.5 Å². The third kappa shape index (κ3) is 4.58. The van der Waals surface area contributed by atoms with Crippen molar-refractivity contribution in [2.24, 2.45) is 5.10 Å². The number of nitrogens with zero attached hydrogens (tertiary/aromatic N) is 1. The summed E-state index contributed by atoms with van der Waals surface area (Å²) in [6, 6.07) is 7.68. The van der Waals surface area contributed by atoms with E-state index in [4.69, 9.17) is 0 Å². The molecule has 6 heteroatoms. The fourth-order valence-electron chi connectivity index (χ4n) is 1.15. The second-order valence-electron chi connectivity index (χ2n) is 3.33. The number of rotatable bonds is 4. The van der Waals surface area contributed by atoms with E-state index in [1.54, 1.807) is 18.7 Å². The zero-order chi connectivity index (χ0) is 13.4. The van der Waals surface area contributed by atoms with Crippen molar-refractivity contribution in [2.75, 3.05) is 12.8 Å². The number of hydrogen-bond acceptors (Lipinski definition) is 4. The number of benzene rings is 1. The largest absolute Gasteiger partial charge is 0.348 e. The molecule has 0 atom stereocenters. The van der Waals surface area contributed by atoms with E-state index in [-0.39, 0.29) is 0 Å². The Hall–Kier alpha value is -1.82. The first-order valence-corrected chi connectivity index (χ1v) is 6.65. The molecule has 1 rings (SSSR count). The van der Waals surface area contributed by atoms with Gasteiger partial charge < -0.3 is 5.32 Å². The summed E-state index contributed by atoms with van der Waals surface area (Å²) in [6.07, 6.45) is 3.48. The number of nitrogens with one attached hydrogen (secondary N) is 2. The predicted molar refractivity (Wildman–Crippen MR) is 72.6 cm³/mol. The van der Waals surface area contributed by atoms with Gasteiger partial charge >= 0.3 is 11.8 Å². The van der Waals surface area contributed by atoms with E-state index in [9.17, 15) is 9.59 Å². The third-order valence-corrected chi connectivity index (χ3v) is 2.78. The molecule has 0 aliphatic rings. The SMILES string of the molecule is CCNC(=O)C(=O)N/N=C\c1ccc(SC)cc1. The first-order chi connectivity index (χ1) is 8.67. The average Bonchev–Trinajstić information content (AvgIpc) is 2.39. The molecule has 0 fully saturated rings. The predicted octanol–water partition coefficient (Wildman–Crippen LogP) is 0.995. The maximum Gasteiger partial charge on any atom is 0.329 e. The van der Waals surface area contributed by atoms with Gasteiger partial charge in [0.1, 0.15) is 0 Å². The Kier molecular flexibility index (Phi) is 5.93. The van der Waals surface area contributed by atoms with Gasteiger partial charge in [0.25, 0.3) is 0 Å². The summed E-state index contributed by atoms with van der Waals surface area (Å²) in [6.45, 7) is 2.15. The molecule has 0 bridgehead atoms. The first kappa shape index (κ1) is 14.2. The molecule has 2 amide bonds. The minimum Gasteiger partial charge on any atom is -0.348 e. The number of amides is 2. The zero-order valence-corrected chi connectivity index (χ0v) is 11.1. The molecular weight excluding hydrogens is 250 g/mol. The Morgan fingerprint density at radius 2 is 1.94 bits per heavy atom. The molecule has 0 saturated carbocycles. The Bertz CT molecular complexity index is 443. The van der Waals surface area contributed by atoms with Gasteiger partial charge in [0, 0.05) is 11.4 Å². The fraction of sp³-hybridized carbons (Fsp3) is 0.250. The van der Waals surface area contributed by atoms with Crippen LogP contribution in [0.3, 0.4) is 0 Å². The smallest absolute Gasteiger partial charge is 0.329 e. The average molecular weight is 265 g/mol. The van der Waals surface area contributed by atoms with Crippen molar-refractivity contribution < 1.29 is 9.59 Å². The summed E-state index contributed by atoms with van der Waals surface area (Å²) < 4.78 is 0. The highest BCUT2D eigenvalue weighted by Crippen LogP contribution is 2.13. The van der Waals surface area contributed by atoms with Crippen LogP contribution >= 0.6 is 11.8 Å². The molecule has 5 nitrogen and oxygen atoms in total. The standard InChI is InChI=1S/C12H15N3O2S/c1-3-13-11(16)12(17)15-14-8-9-4-6-10(18-2)7-5-9/h4-8H,3H2,1-2H3,(H,13,16)(H,15,17)/b14-8-. The molecule has 0 saturated heterocycles. The van der Waals surface area contributed by atoms with E-state index in [0.717, 1.165) is 10.5 Å². The molecule has 0 unspecified atom stereocenters. The third-order valence-electron chi connectivity index (χ3n) is 2.04. The van der Waals surface area contributed by atoms with Crippen LogP contribution in [0.1, 0.15) is 12.5 Å². The zero-order valence-electron chi connectivity index (χ0n) is 10.3. The van der Waals surface area contributed by atoms with E-state index < -0.39 is 11.8 Å². The normalized spacial score (nSPS) is 10.3. The van der Waals surface area contributed by atoms with Gasteiger partial charge in [-0.15, -0.1) is 11.8 Å². The second-order valence-corrected chi connectivity index (χ2v) is 4.21. The Labute approximate surface area is 110 Å². The van der Waals surface area contributed by atoms with E-state index in [0.29, 0.717) is 6.54 Å². The lowest BCUT2D eigenvalue weighted by molar-refractivity contribution is -0.139. The monoisotopic (exact) mass is 265 g/mol. The molecular formula is C12H15N3O2S. The molecule has 0 aliphatic heterocycles. The van der Waals surface area contributed by atoms with Crippen molar-refractivity contribution in [1.82, 2.24) is 10.7 Å². The van der Waals surface area contributed by atoms with Gasteiger partial charge in [-0.1, -0.05) is 12.1 Å². The van der Waals surface area contributed by atoms with E-state index in [2.05, 4.69) is 15.8 Å². The second kappa shape index (κ2) is 7.50. The number of thioether (sulfide) groups is 1. The van der Waals surface area contributed by atoms with E-state index >= 15 is 0 Å². The fourth-order valence-corrected chi connectivity index (χ4v) is 1.56. The molecule has 0 aromatic heterocycles. The van der Waals surface area contributed by atoms with Gasteiger partial charge in [-0.3, -0.25) is 9.59 Å². The summed E-state index contributed by atoms with van der Waals surface area (Å²) in [7, 11) is 0. The molecule has 0 spiro atoms. The summed E-state index contributed by atoms with van der Waals surface area (Å²) in [5, 5.41) is 6.09. The Balaban J connectivity index is 2.49. The van der Waals surface area contributed by atoms with Gasteiger partial charge in [0.15, 0.2) is 0 Å². The highest BCUT2D eigenvalue weighted by molar-refractivity contribution is 7.98. The van der Waals surface area contributed by atoms with Crippen LogP contribution in [0.15, 0.2) is 34.3 Å². The van der Waals surface area contributed by atoms with Crippen LogP contribution in [0.4, 0.5) is 0 Å². The van der Waals surface area contributed by atoms with Crippen LogP contribution in [0.25, 0.3) is 0 Å². The summed E-state index contributed by atoms with van der Waals surface area (Å²) in [5.41, 5.74) is 3.01. The molecule has 0 aliphatic carbocycles. The number of hydrogen-bond donors (Lipinski definition) is 2.